The standard InChI is InChI=1S/C21H16Br2N2O3/c22-17-12-18(23)19(26)11-14(17)13-24-25-20(27)21(28,15-7-3-1-4-8-15)16-9-5-2-6-10-16/h1-13,26,28H,(H,25,27)/b24-13+. The number of carbonyl (C=O) groups is 1. The number of carbonyl (C=O) groups excluding carboxylic acids is 1. The number of rotatable bonds is 5. The third-order valence-corrected chi connectivity index (χ3v) is 5.47. The molecule has 0 saturated carbocycles. The van der Waals surface area contributed by atoms with Crippen LogP contribution in [0, 0.1) is 0 Å². The van der Waals surface area contributed by atoms with Gasteiger partial charge < -0.3 is 10.2 Å². The molecule has 3 N–H and O–H groups in total. The predicted molar refractivity (Wildman–Crippen MR) is 115 cm³/mol. The van der Waals surface area contributed by atoms with Crippen LogP contribution in [0.3, 0.4) is 0 Å². The Bertz CT molecular complexity index is 969. The Hall–Kier alpha value is -2.48. The summed E-state index contributed by atoms with van der Waals surface area (Å²) in [6.45, 7) is 0. The van der Waals surface area contributed by atoms with E-state index in [1.165, 1.54) is 12.3 Å². The number of amides is 1. The van der Waals surface area contributed by atoms with Crippen LogP contribution in [-0.2, 0) is 10.4 Å². The van der Waals surface area contributed by atoms with Crippen molar-refractivity contribution >= 4 is 44.0 Å². The Balaban J connectivity index is 1.90. The van der Waals surface area contributed by atoms with Gasteiger partial charge in [-0.3, -0.25) is 4.79 Å². The lowest BCUT2D eigenvalue weighted by molar-refractivity contribution is -0.136. The molecule has 0 bridgehead atoms. The fourth-order valence-corrected chi connectivity index (χ4v) is 3.78. The summed E-state index contributed by atoms with van der Waals surface area (Å²) in [6, 6.07) is 20.5. The second-order valence-electron chi connectivity index (χ2n) is 5.97. The van der Waals surface area contributed by atoms with Gasteiger partial charge in [0.1, 0.15) is 5.75 Å². The number of halogens is 2. The van der Waals surface area contributed by atoms with E-state index in [1.807, 2.05) is 12.1 Å². The van der Waals surface area contributed by atoms with Crippen LogP contribution in [0.5, 0.6) is 5.75 Å². The highest BCUT2D eigenvalue weighted by Crippen LogP contribution is 2.31. The molecule has 0 fully saturated rings. The molecule has 0 aliphatic carbocycles. The third kappa shape index (κ3) is 4.16. The maximum absolute atomic E-state index is 12.9. The van der Waals surface area contributed by atoms with Crippen molar-refractivity contribution in [2.24, 2.45) is 5.10 Å². The highest BCUT2D eigenvalue weighted by atomic mass is 79.9. The van der Waals surface area contributed by atoms with Gasteiger partial charge in [0.15, 0.2) is 5.60 Å². The number of nitrogens with zero attached hydrogens (tertiary/aromatic N) is 1. The highest BCUT2D eigenvalue weighted by molar-refractivity contribution is 9.11. The van der Waals surface area contributed by atoms with Crippen LogP contribution in [0.15, 0.2) is 86.8 Å². The van der Waals surface area contributed by atoms with Crippen LogP contribution in [0.25, 0.3) is 0 Å². The van der Waals surface area contributed by atoms with Crippen molar-refractivity contribution in [2.45, 2.75) is 5.60 Å². The largest absolute Gasteiger partial charge is 0.507 e. The van der Waals surface area contributed by atoms with Crippen molar-refractivity contribution < 1.29 is 15.0 Å². The fourth-order valence-electron chi connectivity index (χ4n) is 2.68. The minimum Gasteiger partial charge on any atom is -0.507 e. The van der Waals surface area contributed by atoms with Crippen LogP contribution in [0.4, 0.5) is 0 Å². The van der Waals surface area contributed by atoms with Crippen molar-refractivity contribution in [3.05, 3.63) is 98.4 Å². The molecule has 0 atom stereocenters. The summed E-state index contributed by atoms with van der Waals surface area (Å²) < 4.78 is 1.21. The van der Waals surface area contributed by atoms with Gasteiger partial charge in [-0.05, 0) is 39.2 Å². The van der Waals surface area contributed by atoms with Gasteiger partial charge in [0.25, 0.3) is 5.91 Å². The zero-order valence-corrected chi connectivity index (χ0v) is 17.7. The number of hydrogen-bond donors (Lipinski definition) is 3. The molecule has 0 spiro atoms. The average molecular weight is 504 g/mol. The van der Waals surface area contributed by atoms with Gasteiger partial charge >= 0.3 is 0 Å². The molecule has 3 rings (SSSR count). The SMILES string of the molecule is O=C(N/N=C/c1cc(O)c(Br)cc1Br)C(O)(c1ccccc1)c1ccccc1. The van der Waals surface area contributed by atoms with Gasteiger partial charge in [0.2, 0.25) is 0 Å². The quantitative estimate of drug-likeness (QED) is 0.358. The van der Waals surface area contributed by atoms with Gasteiger partial charge in [-0.25, -0.2) is 5.43 Å². The van der Waals surface area contributed by atoms with Gasteiger partial charge in [-0.1, -0.05) is 76.6 Å². The molecule has 0 aliphatic rings. The third-order valence-electron chi connectivity index (χ3n) is 4.15. The summed E-state index contributed by atoms with van der Waals surface area (Å²) >= 11 is 6.59. The molecule has 142 valence electrons. The van der Waals surface area contributed by atoms with E-state index in [4.69, 9.17) is 0 Å². The smallest absolute Gasteiger partial charge is 0.281 e. The summed E-state index contributed by atoms with van der Waals surface area (Å²) in [5, 5.41) is 25.1. The molecule has 3 aromatic carbocycles. The topological polar surface area (TPSA) is 81.9 Å². The Morgan fingerprint density at radius 3 is 2.00 bits per heavy atom. The molecule has 0 aromatic heterocycles. The van der Waals surface area contributed by atoms with Crippen LogP contribution in [0.2, 0.25) is 0 Å². The number of hydrogen-bond acceptors (Lipinski definition) is 4. The Labute approximate surface area is 179 Å². The highest BCUT2D eigenvalue weighted by Gasteiger charge is 2.39. The fraction of sp³-hybridized carbons (Fsp3) is 0.0476. The average Bonchev–Trinajstić information content (AvgIpc) is 2.72. The zero-order chi connectivity index (χ0) is 20.1. The van der Waals surface area contributed by atoms with E-state index in [9.17, 15) is 15.0 Å². The number of hydrazone groups is 1. The Kier molecular flexibility index (Phi) is 6.28. The summed E-state index contributed by atoms with van der Waals surface area (Å²) in [7, 11) is 0. The van der Waals surface area contributed by atoms with Crippen molar-refractivity contribution in [2.75, 3.05) is 0 Å². The Morgan fingerprint density at radius 1 is 0.929 bits per heavy atom. The zero-order valence-electron chi connectivity index (χ0n) is 14.5. The maximum atomic E-state index is 12.9. The molecule has 0 unspecified atom stereocenters. The van der Waals surface area contributed by atoms with Gasteiger partial charge in [-0.2, -0.15) is 5.10 Å². The van der Waals surface area contributed by atoms with E-state index < -0.39 is 11.5 Å². The Morgan fingerprint density at radius 2 is 1.46 bits per heavy atom. The molecule has 0 radical (unpaired) electrons. The summed E-state index contributed by atoms with van der Waals surface area (Å²) in [4.78, 5) is 12.9. The molecular weight excluding hydrogens is 488 g/mol. The number of phenolic OH excluding ortho intramolecular Hbond substituents is 1. The number of phenols is 1. The monoisotopic (exact) mass is 502 g/mol. The van der Waals surface area contributed by atoms with E-state index in [2.05, 4.69) is 42.4 Å². The maximum Gasteiger partial charge on any atom is 0.281 e. The van der Waals surface area contributed by atoms with E-state index in [1.54, 1.807) is 54.6 Å². The van der Waals surface area contributed by atoms with Crippen LogP contribution in [0.1, 0.15) is 16.7 Å². The number of nitrogens with one attached hydrogen (secondary N) is 1. The number of benzene rings is 3. The first-order chi connectivity index (χ1) is 13.4. The molecule has 28 heavy (non-hydrogen) atoms. The lowest BCUT2D eigenvalue weighted by Crippen LogP contribution is -2.43. The number of aromatic hydroxyl groups is 1. The molecule has 5 nitrogen and oxygen atoms in total. The lowest BCUT2D eigenvalue weighted by Gasteiger charge is -2.27. The lowest BCUT2D eigenvalue weighted by atomic mass is 9.85. The molecule has 0 heterocycles. The second kappa shape index (κ2) is 8.68. The minimum atomic E-state index is -1.90. The van der Waals surface area contributed by atoms with E-state index >= 15 is 0 Å². The van der Waals surface area contributed by atoms with Crippen LogP contribution < -0.4 is 5.43 Å². The van der Waals surface area contributed by atoms with Gasteiger partial charge in [0.05, 0.1) is 10.7 Å². The first-order valence-electron chi connectivity index (χ1n) is 8.28. The number of aliphatic hydroxyl groups is 1. The predicted octanol–water partition coefficient (Wildman–Crippen LogP) is 4.30. The molecule has 0 saturated heterocycles. The minimum absolute atomic E-state index is 0.0426. The first-order valence-corrected chi connectivity index (χ1v) is 9.86. The molecule has 7 heteroatoms. The first kappa shape index (κ1) is 20.3. The van der Waals surface area contributed by atoms with Gasteiger partial charge in [0, 0.05) is 10.0 Å². The van der Waals surface area contributed by atoms with Crippen molar-refractivity contribution in [1.82, 2.24) is 5.43 Å². The molecule has 3 aromatic rings. The van der Waals surface area contributed by atoms with Crippen LogP contribution >= 0.6 is 31.9 Å². The second-order valence-corrected chi connectivity index (χ2v) is 7.68. The molecular formula is C21H16Br2N2O3. The van der Waals surface area contributed by atoms with E-state index in [0.717, 1.165) is 0 Å². The normalized spacial score (nSPS) is 11.5. The van der Waals surface area contributed by atoms with E-state index in [-0.39, 0.29) is 5.75 Å². The molecule has 0 aliphatic heterocycles. The molecule has 1 amide bonds. The summed E-state index contributed by atoms with van der Waals surface area (Å²) in [5.74, 6) is -0.653. The van der Waals surface area contributed by atoms with Crippen molar-refractivity contribution in [3.63, 3.8) is 0 Å². The van der Waals surface area contributed by atoms with Crippen LogP contribution in [-0.4, -0.2) is 22.3 Å². The van der Waals surface area contributed by atoms with E-state index in [0.29, 0.717) is 25.6 Å². The van der Waals surface area contributed by atoms with Crippen molar-refractivity contribution in [1.29, 1.82) is 0 Å². The summed E-state index contributed by atoms with van der Waals surface area (Å²) in [5.41, 5.74) is 1.91. The van der Waals surface area contributed by atoms with Crippen molar-refractivity contribution in [3.8, 4) is 5.75 Å². The van der Waals surface area contributed by atoms with Gasteiger partial charge in [-0.15, -0.1) is 0 Å². The summed E-state index contributed by atoms with van der Waals surface area (Å²) in [6.07, 6.45) is 1.38.